The lowest BCUT2D eigenvalue weighted by molar-refractivity contribution is 0.0910. The maximum absolute atomic E-state index is 13.0. The molecular weight excluding hydrogens is 538 g/mol. The van der Waals surface area contributed by atoms with Gasteiger partial charge >= 0.3 is 0 Å². The van der Waals surface area contributed by atoms with E-state index in [2.05, 4.69) is 43.0 Å². The molecule has 4 rings (SSSR count). The van der Waals surface area contributed by atoms with Gasteiger partial charge in [-0.3, -0.25) is 14.4 Å². The van der Waals surface area contributed by atoms with Crippen molar-refractivity contribution >= 4 is 50.0 Å². The smallest absolute Gasteiger partial charge is 0.261 e. The summed E-state index contributed by atoms with van der Waals surface area (Å²) in [7, 11) is -3.81. The van der Waals surface area contributed by atoms with Crippen LogP contribution in [-0.2, 0) is 16.6 Å². The minimum absolute atomic E-state index is 0. The molecular formula is C25H27BrClN3O3S. The Bertz CT molecular complexity index is 1200. The number of nitrogens with one attached hydrogen (secondary N) is 2. The summed E-state index contributed by atoms with van der Waals surface area (Å²) in [5, 5.41) is 3.09. The Balaban J connectivity index is 0.00000324. The number of amides is 1. The maximum atomic E-state index is 13.0. The van der Waals surface area contributed by atoms with Crippen molar-refractivity contribution in [3.05, 3.63) is 94.5 Å². The zero-order chi connectivity index (χ0) is 23.3. The van der Waals surface area contributed by atoms with Crippen LogP contribution >= 0.6 is 28.3 Å². The minimum atomic E-state index is -3.81. The zero-order valence-corrected chi connectivity index (χ0v) is 21.7. The number of nitrogens with zero attached hydrogens (tertiary/aromatic N) is 1. The highest BCUT2D eigenvalue weighted by molar-refractivity contribution is 9.10. The summed E-state index contributed by atoms with van der Waals surface area (Å²) >= 11 is 3.31. The Kier molecular flexibility index (Phi) is 9.13. The van der Waals surface area contributed by atoms with E-state index in [1.54, 1.807) is 36.4 Å². The number of anilines is 1. The summed E-state index contributed by atoms with van der Waals surface area (Å²) in [6, 6.07) is 23.4. The number of para-hydroxylation sites is 1. The number of sulfonamides is 1. The Morgan fingerprint density at radius 3 is 2.21 bits per heavy atom. The Morgan fingerprint density at radius 1 is 0.912 bits per heavy atom. The van der Waals surface area contributed by atoms with E-state index in [9.17, 15) is 13.2 Å². The van der Waals surface area contributed by atoms with E-state index >= 15 is 0 Å². The van der Waals surface area contributed by atoms with Crippen molar-refractivity contribution in [1.82, 2.24) is 10.2 Å². The molecule has 2 N–H and O–H groups in total. The number of halogens is 2. The summed E-state index contributed by atoms with van der Waals surface area (Å²) in [6.45, 7) is 2.71. The summed E-state index contributed by atoms with van der Waals surface area (Å²) in [4.78, 5) is 15.5. The number of carbonyl (C=O) groups excluding carboxylic acids is 1. The highest BCUT2D eigenvalue weighted by Gasteiger charge is 2.23. The van der Waals surface area contributed by atoms with Crippen molar-refractivity contribution in [2.75, 3.05) is 17.8 Å². The highest BCUT2D eigenvalue weighted by Crippen LogP contribution is 2.22. The molecule has 1 aliphatic rings. The van der Waals surface area contributed by atoms with E-state index in [0.29, 0.717) is 5.56 Å². The number of piperidine rings is 1. The van der Waals surface area contributed by atoms with Crippen LogP contribution in [0, 0.1) is 0 Å². The third-order valence-electron chi connectivity index (χ3n) is 5.71. The SMILES string of the molecule is Cl.O=C(NC1CCN(Cc2ccccc2)CC1)c1ccccc1NS(=O)(=O)c1ccc(Br)cc1. The summed E-state index contributed by atoms with van der Waals surface area (Å²) in [6.07, 6.45) is 1.71. The average molecular weight is 565 g/mol. The molecule has 1 aliphatic heterocycles. The second-order valence-electron chi connectivity index (χ2n) is 8.11. The lowest BCUT2D eigenvalue weighted by Gasteiger charge is -2.32. The zero-order valence-electron chi connectivity index (χ0n) is 18.5. The second kappa shape index (κ2) is 11.8. The fourth-order valence-corrected chi connectivity index (χ4v) is 5.27. The van der Waals surface area contributed by atoms with Gasteiger partial charge in [0.25, 0.3) is 15.9 Å². The molecule has 0 aliphatic carbocycles. The van der Waals surface area contributed by atoms with Crippen LogP contribution in [0.2, 0.25) is 0 Å². The highest BCUT2D eigenvalue weighted by atomic mass is 79.9. The monoisotopic (exact) mass is 563 g/mol. The molecule has 180 valence electrons. The summed E-state index contributed by atoms with van der Waals surface area (Å²) in [5.41, 5.74) is 1.86. The first kappa shape index (κ1) is 26.2. The molecule has 0 spiro atoms. The van der Waals surface area contributed by atoms with Gasteiger partial charge in [-0.25, -0.2) is 8.42 Å². The topological polar surface area (TPSA) is 78.5 Å². The van der Waals surface area contributed by atoms with Gasteiger partial charge in [-0.05, 0) is 54.8 Å². The van der Waals surface area contributed by atoms with Crippen LogP contribution in [0.4, 0.5) is 5.69 Å². The average Bonchev–Trinajstić information content (AvgIpc) is 2.81. The molecule has 1 heterocycles. The van der Waals surface area contributed by atoms with Gasteiger partial charge in [0, 0.05) is 30.1 Å². The number of hydrogen-bond donors (Lipinski definition) is 2. The Hall–Kier alpha value is -2.39. The van der Waals surface area contributed by atoms with E-state index in [4.69, 9.17) is 0 Å². The van der Waals surface area contributed by atoms with E-state index < -0.39 is 10.0 Å². The summed E-state index contributed by atoms with van der Waals surface area (Å²) in [5.74, 6) is -0.273. The Labute approximate surface area is 215 Å². The lowest BCUT2D eigenvalue weighted by atomic mass is 10.0. The van der Waals surface area contributed by atoms with Crippen LogP contribution in [0.1, 0.15) is 28.8 Å². The molecule has 0 bridgehead atoms. The van der Waals surface area contributed by atoms with Gasteiger partial charge in [0.15, 0.2) is 0 Å². The molecule has 1 saturated heterocycles. The van der Waals surface area contributed by atoms with E-state index in [-0.39, 0.29) is 34.9 Å². The predicted molar refractivity (Wildman–Crippen MR) is 141 cm³/mol. The van der Waals surface area contributed by atoms with Crippen molar-refractivity contribution in [2.24, 2.45) is 0 Å². The van der Waals surface area contributed by atoms with Gasteiger partial charge in [-0.1, -0.05) is 58.4 Å². The molecule has 1 amide bonds. The van der Waals surface area contributed by atoms with Crippen molar-refractivity contribution < 1.29 is 13.2 Å². The number of carbonyl (C=O) groups is 1. The van der Waals surface area contributed by atoms with Crippen LogP contribution < -0.4 is 10.0 Å². The molecule has 3 aromatic rings. The van der Waals surface area contributed by atoms with Gasteiger partial charge in [0.1, 0.15) is 0 Å². The van der Waals surface area contributed by atoms with Crippen LogP contribution in [0.15, 0.2) is 88.2 Å². The van der Waals surface area contributed by atoms with Crippen molar-refractivity contribution in [1.29, 1.82) is 0 Å². The molecule has 0 radical (unpaired) electrons. The van der Waals surface area contributed by atoms with Crippen LogP contribution in [0.25, 0.3) is 0 Å². The maximum Gasteiger partial charge on any atom is 0.261 e. The molecule has 34 heavy (non-hydrogen) atoms. The minimum Gasteiger partial charge on any atom is -0.349 e. The van der Waals surface area contributed by atoms with Crippen LogP contribution in [0.3, 0.4) is 0 Å². The van der Waals surface area contributed by atoms with Gasteiger partial charge in [-0.15, -0.1) is 12.4 Å². The third kappa shape index (κ3) is 6.82. The van der Waals surface area contributed by atoms with Crippen LogP contribution in [0.5, 0.6) is 0 Å². The third-order valence-corrected chi connectivity index (χ3v) is 7.62. The fourth-order valence-electron chi connectivity index (χ4n) is 3.93. The van der Waals surface area contributed by atoms with Gasteiger partial charge in [-0.2, -0.15) is 0 Å². The van der Waals surface area contributed by atoms with Gasteiger partial charge < -0.3 is 5.32 Å². The van der Waals surface area contributed by atoms with Crippen molar-refractivity contribution in [2.45, 2.75) is 30.3 Å². The Morgan fingerprint density at radius 2 is 1.53 bits per heavy atom. The van der Waals surface area contributed by atoms with Crippen molar-refractivity contribution in [3.8, 4) is 0 Å². The van der Waals surface area contributed by atoms with Gasteiger partial charge in [0.2, 0.25) is 0 Å². The molecule has 1 fully saturated rings. The van der Waals surface area contributed by atoms with E-state index in [0.717, 1.165) is 36.9 Å². The molecule has 6 nitrogen and oxygen atoms in total. The largest absolute Gasteiger partial charge is 0.349 e. The number of likely N-dealkylation sites (tertiary alicyclic amines) is 1. The fraction of sp³-hybridized carbons (Fsp3) is 0.240. The first-order chi connectivity index (χ1) is 15.9. The molecule has 0 atom stereocenters. The van der Waals surface area contributed by atoms with Crippen LogP contribution in [-0.4, -0.2) is 38.4 Å². The quantitative estimate of drug-likeness (QED) is 0.420. The molecule has 0 unspecified atom stereocenters. The van der Waals surface area contributed by atoms with E-state index in [1.165, 1.54) is 17.7 Å². The lowest BCUT2D eigenvalue weighted by Crippen LogP contribution is -2.44. The van der Waals surface area contributed by atoms with E-state index in [1.807, 2.05) is 18.2 Å². The molecule has 0 aromatic heterocycles. The molecule has 9 heteroatoms. The summed E-state index contributed by atoms with van der Waals surface area (Å²) < 4.78 is 29.0. The van der Waals surface area contributed by atoms with Gasteiger partial charge in [0.05, 0.1) is 16.1 Å². The standard InChI is InChI=1S/C25H26BrN3O3S.ClH/c26-20-10-12-22(13-11-20)33(31,32)28-24-9-5-4-8-23(24)25(30)27-21-14-16-29(17-15-21)18-19-6-2-1-3-7-19;/h1-13,21,28H,14-18H2,(H,27,30);1H. The number of benzene rings is 3. The predicted octanol–water partition coefficient (Wildman–Crippen LogP) is 5.07. The first-order valence-corrected chi connectivity index (χ1v) is 13.1. The second-order valence-corrected chi connectivity index (χ2v) is 10.7. The molecule has 0 saturated carbocycles. The number of rotatable bonds is 7. The first-order valence-electron chi connectivity index (χ1n) is 10.9. The normalized spacial score (nSPS) is 14.7. The number of hydrogen-bond acceptors (Lipinski definition) is 4. The molecule has 3 aromatic carbocycles. The van der Waals surface area contributed by atoms with Crippen molar-refractivity contribution in [3.63, 3.8) is 0 Å².